The smallest absolute Gasteiger partial charge is 0.138 e. The Morgan fingerprint density at radius 2 is 2.12 bits per heavy atom. The second-order valence-electron chi connectivity index (χ2n) is 5.91. The van der Waals surface area contributed by atoms with E-state index in [1.165, 1.54) is 12.8 Å². The van der Waals surface area contributed by atoms with Crippen LogP contribution in [-0.4, -0.2) is 16.0 Å². The van der Waals surface area contributed by atoms with E-state index in [1.54, 1.807) is 0 Å². The van der Waals surface area contributed by atoms with E-state index >= 15 is 0 Å². The largest absolute Gasteiger partial charge is 0.384 e. The monoisotopic (exact) mass is 234 g/mol. The van der Waals surface area contributed by atoms with Crippen molar-refractivity contribution in [3.63, 3.8) is 0 Å². The Morgan fingerprint density at radius 3 is 2.65 bits per heavy atom. The normalized spacial score (nSPS) is 23.5. The fourth-order valence-electron chi connectivity index (χ4n) is 1.94. The van der Waals surface area contributed by atoms with Crippen molar-refractivity contribution in [1.82, 2.24) is 9.97 Å². The summed E-state index contributed by atoms with van der Waals surface area (Å²) in [7, 11) is 0. The van der Waals surface area contributed by atoms with Gasteiger partial charge in [-0.25, -0.2) is 9.97 Å². The Labute approximate surface area is 103 Å². The number of nitrogens with zero attached hydrogens (tertiary/aromatic N) is 2. The van der Waals surface area contributed by atoms with Crippen LogP contribution >= 0.6 is 0 Å². The van der Waals surface area contributed by atoms with Gasteiger partial charge in [-0.15, -0.1) is 0 Å². The van der Waals surface area contributed by atoms with Crippen LogP contribution in [0.5, 0.6) is 0 Å². The maximum atomic E-state index is 5.83. The molecule has 1 aromatic heterocycles. The van der Waals surface area contributed by atoms with Crippen LogP contribution in [0.15, 0.2) is 6.07 Å². The average Bonchev–Trinajstić information content (AvgIpc) is 2.94. The summed E-state index contributed by atoms with van der Waals surface area (Å²) >= 11 is 0. The van der Waals surface area contributed by atoms with E-state index in [9.17, 15) is 0 Å². The van der Waals surface area contributed by atoms with E-state index in [-0.39, 0.29) is 5.41 Å². The lowest BCUT2D eigenvalue weighted by atomic mass is 9.96. The van der Waals surface area contributed by atoms with E-state index < -0.39 is 0 Å². The molecule has 2 rings (SSSR count). The van der Waals surface area contributed by atoms with Gasteiger partial charge in [-0.05, 0) is 12.3 Å². The minimum absolute atomic E-state index is 0.0699. The zero-order chi connectivity index (χ0) is 12.6. The van der Waals surface area contributed by atoms with Crippen LogP contribution in [0.4, 0.5) is 11.6 Å². The lowest BCUT2D eigenvalue weighted by Gasteiger charge is -2.18. The van der Waals surface area contributed by atoms with Crippen molar-refractivity contribution in [2.24, 2.45) is 5.92 Å². The molecule has 2 atom stereocenters. The number of hydrogen-bond donors (Lipinski definition) is 2. The molecule has 0 saturated heterocycles. The van der Waals surface area contributed by atoms with E-state index in [4.69, 9.17) is 5.73 Å². The maximum absolute atomic E-state index is 5.83. The highest BCUT2D eigenvalue weighted by atomic mass is 15.1. The lowest BCUT2D eigenvalue weighted by molar-refractivity contribution is 0.547. The third-order valence-electron chi connectivity index (χ3n) is 3.20. The molecule has 1 heterocycles. The number of nitrogens with one attached hydrogen (secondary N) is 1. The van der Waals surface area contributed by atoms with Gasteiger partial charge in [-0.3, -0.25) is 0 Å². The molecule has 1 aliphatic carbocycles. The second kappa shape index (κ2) is 4.17. The summed E-state index contributed by atoms with van der Waals surface area (Å²) in [5.74, 6) is 3.00. The standard InChI is InChI=1S/C13H22N4/c1-5-8-6-9(8)15-11-7-10(14)16-12(17-11)13(2,3)4/h7-9H,5-6H2,1-4H3,(H3,14,15,16,17). The van der Waals surface area contributed by atoms with Gasteiger partial charge in [0.25, 0.3) is 0 Å². The minimum Gasteiger partial charge on any atom is -0.384 e. The topological polar surface area (TPSA) is 63.8 Å². The minimum atomic E-state index is -0.0699. The van der Waals surface area contributed by atoms with E-state index in [0.717, 1.165) is 17.6 Å². The summed E-state index contributed by atoms with van der Waals surface area (Å²) in [6, 6.07) is 2.39. The molecule has 0 spiro atoms. The number of hydrogen-bond acceptors (Lipinski definition) is 4. The third-order valence-corrected chi connectivity index (χ3v) is 3.20. The molecular formula is C13H22N4. The first-order chi connectivity index (χ1) is 7.90. The van der Waals surface area contributed by atoms with Crippen molar-refractivity contribution in [3.05, 3.63) is 11.9 Å². The van der Waals surface area contributed by atoms with E-state index in [2.05, 4.69) is 43.0 Å². The zero-order valence-corrected chi connectivity index (χ0v) is 11.1. The van der Waals surface area contributed by atoms with Crippen LogP contribution < -0.4 is 11.1 Å². The van der Waals surface area contributed by atoms with Crippen LogP contribution in [-0.2, 0) is 5.41 Å². The highest BCUT2D eigenvalue weighted by Crippen LogP contribution is 2.36. The molecule has 4 nitrogen and oxygen atoms in total. The first-order valence-corrected chi connectivity index (χ1v) is 6.31. The number of rotatable bonds is 3. The van der Waals surface area contributed by atoms with Crippen LogP contribution in [0.1, 0.15) is 46.4 Å². The number of aromatic nitrogens is 2. The van der Waals surface area contributed by atoms with Gasteiger partial charge >= 0.3 is 0 Å². The molecular weight excluding hydrogens is 212 g/mol. The van der Waals surface area contributed by atoms with E-state index in [1.807, 2.05) is 6.07 Å². The molecule has 3 N–H and O–H groups in total. The predicted molar refractivity (Wildman–Crippen MR) is 71.0 cm³/mol. The molecule has 1 saturated carbocycles. The van der Waals surface area contributed by atoms with Crippen molar-refractivity contribution in [2.45, 2.75) is 52.0 Å². The Hall–Kier alpha value is -1.32. The summed E-state index contributed by atoms with van der Waals surface area (Å²) in [6.45, 7) is 8.51. The summed E-state index contributed by atoms with van der Waals surface area (Å²) in [5.41, 5.74) is 5.76. The molecule has 1 fully saturated rings. The lowest BCUT2D eigenvalue weighted by Crippen LogP contribution is -2.18. The molecule has 0 aliphatic heterocycles. The van der Waals surface area contributed by atoms with Crippen molar-refractivity contribution >= 4 is 11.6 Å². The van der Waals surface area contributed by atoms with Gasteiger partial charge in [0.1, 0.15) is 17.5 Å². The molecule has 4 heteroatoms. The summed E-state index contributed by atoms with van der Waals surface area (Å²) in [6.07, 6.45) is 2.47. The van der Waals surface area contributed by atoms with Gasteiger partial charge in [0.15, 0.2) is 0 Å². The van der Waals surface area contributed by atoms with Gasteiger partial charge in [-0.1, -0.05) is 34.1 Å². The van der Waals surface area contributed by atoms with Gasteiger partial charge in [0.05, 0.1) is 0 Å². The molecule has 94 valence electrons. The Morgan fingerprint density at radius 1 is 1.41 bits per heavy atom. The van der Waals surface area contributed by atoms with Gasteiger partial charge < -0.3 is 11.1 Å². The number of anilines is 2. The molecule has 0 bridgehead atoms. The summed E-state index contributed by atoms with van der Waals surface area (Å²) < 4.78 is 0. The van der Waals surface area contributed by atoms with Crippen molar-refractivity contribution in [1.29, 1.82) is 0 Å². The molecule has 0 aromatic carbocycles. The van der Waals surface area contributed by atoms with Gasteiger partial charge in [-0.2, -0.15) is 0 Å². The Balaban J connectivity index is 2.15. The highest BCUT2D eigenvalue weighted by Gasteiger charge is 2.35. The third kappa shape index (κ3) is 2.87. The van der Waals surface area contributed by atoms with Crippen LogP contribution in [0.2, 0.25) is 0 Å². The summed E-state index contributed by atoms with van der Waals surface area (Å²) in [4.78, 5) is 8.85. The highest BCUT2D eigenvalue weighted by molar-refractivity contribution is 5.47. The summed E-state index contributed by atoms with van der Waals surface area (Å²) in [5, 5.41) is 3.44. The molecule has 1 aromatic rings. The molecule has 17 heavy (non-hydrogen) atoms. The fourth-order valence-corrected chi connectivity index (χ4v) is 1.94. The van der Waals surface area contributed by atoms with Crippen molar-refractivity contribution in [2.75, 3.05) is 11.1 Å². The molecule has 2 unspecified atom stereocenters. The Kier molecular flexibility index (Phi) is 2.98. The first-order valence-electron chi connectivity index (χ1n) is 6.31. The average molecular weight is 234 g/mol. The first kappa shape index (κ1) is 12.1. The van der Waals surface area contributed by atoms with Gasteiger partial charge in [0, 0.05) is 17.5 Å². The Bertz CT molecular complexity index is 408. The van der Waals surface area contributed by atoms with E-state index in [0.29, 0.717) is 11.9 Å². The van der Waals surface area contributed by atoms with Crippen molar-refractivity contribution in [3.8, 4) is 0 Å². The fraction of sp³-hybridized carbons (Fsp3) is 0.692. The predicted octanol–water partition coefficient (Wildman–Crippen LogP) is 2.57. The SMILES string of the molecule is CCC1CC1Nc1cc(N)nc(C(C)(C)C)n1. The number of nitrogens with two attached hydrogens (primary N) is 1. The maximum Gasteiger partial charge on any atom is 0.138 e. The van der Waals surface area contributed by atoms with Crippen LogP contribution in [0.3, 0.4) is 0 Å². The number of nitrogen functional groups attached to an aromatic ring is 1. The molecule has 0 radical (unpaired) electrons. The quantitative estimate of drug-likeness (QED) is 0.843. The molecule has 0 amide bonds. The zero-order valence-electron chi connectivity index (χ0n) is 11.1. The second-order valence-corrected chi connectivity index (χ2v) is 5.91. The van der Waals surface area contributed by atoms with Crippen LogP contribution in [0, 0.1) is 5.92 Å². The van der Waals surface area contributed by atoms with Gasteiger partial charge in [0.2, 0.25) is 0 Å². The van der Waals surface area contributed by atoms with Crippen LogP contribution in [0.25, 0.3) is 0 Å². The van der Waals surface area contributed by atoms with Crippen molar-refractivity contribution < 1.29 is 0 Å². The molecule has 1 aliphatic rings.